The number of alkyl halides is 1. The van der Waals surface area contributed by atoms with E-state index in [-0.39, 0.29) is 37.8 Å². The summed E-state index contributed by atoms with van der Waals surface area (Å²) in [4.78, 5) is 10.2. The van der Waals surface area contributed by atoms with Gasteiger partial charge in [0.15, 0.2) is 0 Å². The van der Waals surface area contributed by atoms with Gasteiger partial charge in [-0.05, 0) is 6.92 Å². The van der Waals surface area contributed by atoms with Crippen molar-refractivity contribution in [3.63, 3.8) is 0 Å². The van der Waals surface area contributed by atoms with Crippen LogP contribution in [0, 0.1) is 10.1 Å². The molecule has 2 atom stereocenters. The number of hydrogen-bond donors (Lipinski definition) is 2. The molecule has 0 unspecified atom stereocenters. The first-order chi connectivity index (χ1) is 9.51. The third-order valence-corrected chi connectivity index (χ3v) is 2.76. The van der Waals surface area contributed by atoms with Crippen molar-refractivity contribution < 1.29 is 24.3 Å². The highest BCUT2D eigenvalue weighted by Gasteiger charge is 2.26. The highest BCUT2D eigenvalue weighted by molar-refractivity contribution is 5.38. The fraction of sp³-hybridized carbons (Fsp3) is 0.727. The molecule has 0 bridgehead atoms. The predicted molar refractivity (Wildman–Crippen MR) is 67.4 cm³/mol. The summed E-state index contributed by atoms with van der Waals surface area (Å²) >= 11 is 0. The number of halogens is 1. The fourth-order valence-corrected chi connectivity index (χ4v) is 1.57. The number of aromatic nitrogens is 2. The molecule has 0 saturated carbocycles. The first-order valence-electron chi connectivity index (χ1n) is 6.23. The third-order valence-electron chi connectivity index (χ3n) is 2.76. The average Bonchev–Trinajstić information content (AvgIpc) is 2.83. The second-order valence-electron chi connectivity index (χ2n) is 4.25. The Morgan fingerprint density at radius 2 is 2.25 bits per heavy atom. The first-order valence-corrected chi connectivity index (χ1v) is 6.23. The van der Waals surface area contributed by atoms with Crippen molar-refractivity contribution in [3.05, 3.63) is 16.3 Å². The second kappa shape index (κ2) is 7.75. The van der Waals surface area contributed by atoms with Gasteiger partial charge in [0, 0.05) is 26.1 Å². The summed E-state index contributed by atoms with van der Waals surface area (Å²) in [6.07, 6.45) is -0.0290. The molecule has 0 aliphatic heterocycles. The predicted octanol–water partition coefficient (Wildman–Crippen LogP) is 0.834. The van der Waals surface area contributed by atoms with E-state index < -0.39 is 17.1 Å². The van der Waals surface area contributed by atoms with E-state index in [1.54, 1.807) is 0 Å². The van der Waals surface area contributed by atoms with E-state index in [0.29, 0.717) is 6.42 Å². The van der Waals surface area contributed by atoms with Crippen LogP contribution in [0.2, 0.25) is 0 Å². The second-order valence-corrected chi connectivity index (χ2v) is 4.25. The molecular formula is C11H18FN3O5. The van der Waals surface area contributed by atoms with Crippen LogP contribution in [0.4, 0.5) is 10.1 Å². The third kappa shape index (κ3) is 4.14. The summed E-state index contributed by atoms with van der Waals surface area (Å²) < 4.78 is 19.9. The van der Waals surface area contributed by atoms with Gasteiger partial charge in [-0.1, -0.05) is 0 Å². The minimum atomic E-state index is -1.37. The number of nitro groups is 1. The molecule has 1 aromatic heterocycles. The van der Waals surface area contributed by atoms with Crippen molar-refractivity contribution in [2.24, 2.45) is 0 Å². The minimum absolute atomic E-state index is 0.0739. The zero-order valence-corrected chi connectivity index (χ0v) is 11.1. The van der Waals surface area contributed by atoms with E-state index >= 15 is 0 Å². The summed E-state index contributed by atoms with van der Waals surface area (Å²) in [5.41, 5.74) is -0.356. The Bertz CT molecular complexity index is 440. The van der Waals surface area contributed by atoms with E-state index in [0.717, 1.165) is 10.9 Å². The van der Waals surface area contributed by atoms with Crippen LogP contribution >= 0.6 is 0 Å². The van der Waals surface area contributed by atoms with Gasteiger partial charge in [-0.2, -0.15) is 0 Å². The van der Waals surface area contributed by atoms with Gasteiger partial charge in [0.2, 0.25) is 0 Å². The van der Waals surface area contributed by atoms with Gasteiger partial charge in [-0.3, -0.25) is 14.8 Å². The Morgan fingerprint density at radius 1 is 1.55 bits per heavy atom. The molecule has 0 fully saturated rings. The Morgan fingerprint density at radius 3 is 2.80 bits per heavy atom. The minimum Gasteiger partial charge on any atom is -0.472 e. The highest BCUT2D eigenvalue weighted by Crippen LogP contribution is 2.28. The molecule has 1 aromatic rings. The Labute approximate surface area is 114 Å². The van der Waals surface area contributed by atoms with Crippen LogP contribution in [0.15, 0.2) is 6.20 Å². The summed E-state index contributed by atoms with van der Waals surface area (Å²) in [6, 6.07) is -0.754. The number of rotatable bonds is 9. The molecule has 114 valence electrons. The van der Waals surface area contributed by atoms with Crippen LogP contribution in [-0.2, 0) is 0 Å². The standard InChI is InChI=1S/C11H18FN3O5/c1-8(9(12)3-5-17)14-7-10(15(18)19)11(13-14)20-6-2-4-16/h7-9,16-17H,2-6H2,1H3/t8-,9-/m0/s1. The molecule has 0 saturated heterocycles. The Balaban J connectivity index is 2.87. The lowest BCUT2D eigenvalue weighted by Crippen LogP contribution is -2.19. The quantitative estimate of drug-likeness (QED) is 0.396. The van der Waals surface area contributed by atoms with Crippen LogP contribution in [0.3, 0.4) is 0 Å². The van der Waals surface area contributed by atoms with Crippen molar-refractivity contribution in [2.45, 2.75) is 32.0 Å². The van der Waals surface area contributed by atoms with Crippen molar-refractivity contribution in [1.29, 1.82) is 0 Å². The summed E-state index contributed by atoms with van der Waals surface area (Å²) in [5, 5.41) is 32.1. The lowest BCUT2D eigenvalue weighted by Gasteiger charge is -2.15. The average molecular weight is 291 g/mol. The van der Waals surface area contributed by atoms with Crippen LogP contribution < -0.4 is 4.74 Å². The van der Waals surface area contributed by atoms with Crippen molar-refractivity contribution >= 4 is 5.69 Å². The van der Waals surface area contributed by atoms with Gasteiger partial charge >= 0.3 is 11.6 Å². The monoisotopic (exact) mass is 291 g/mol. The van der Waals surface area contributed by atoms with Gasteiger partial charge in [0.1, 0.15) is 12.4 Å². The van der Waals surface area contributed by atoms with Crippen molar-refractivity contribution in [3.8, 4) is 5.88 Å². The summed E-state index contributed by atoms with van der Waals surface area (Å²) in [7, 11) is 0. The lowest BCUT2D eigenvalue weighted by atomic mass is 10.1. The maximum absolute atomic E-state index is 13.7. The number of hydrogen-bond acceptors (Lipinski definition) is 6. The molecule has 2 N–H and O–H groups in total. The van der Waals surface area contributed by atoms with Crippen LogP contribution in [0.1, 0.15) is 25.8 Å². The molecule has 0 aliphatic rings. The van der Waals surface area contributed by atoms with Crippen LogP contribution in [0.25, 0.3) is 0 Å². The van der Waals surface area contributed by atoms with Crippen LogP contribution in [-0.4, -0.2) is 50.9 Å². The molecule has 8 nitrogen and oxygen atoms in total. The molecule has 0 aliphatic carbocycles. The maximum atomic E-state index is 13.7. The summed E-state index contributed by atoms with van der Waals surface area (Å²) in [5.74, 6) is -0.202. The van der Waals surface area contributed by atoms with E-state index in [2.05, 4.69) is 5.10 Å². The number of nitrogens with zero attached hydrogens (tertiary/aromatic N) is 3. The molecule has 9 heteroatoms. The molecule has 0 amide bonds. The fourth-order valence-electron chi connectivity index (χ4n) is 1.57. The molecule has 0 aromatic carbocycles. The van der Waals surface area contributed by atoms with Gasteiger partial charge in [0.25, 0.3) is 0 Å². The number of aliphatic hydroxyl groups is 2. The SMILES string of the molecule is C[C@@H]([C@@H](F)CCO)n1cc([N+](=O)[O-])c(OCCCO)n1. The number of ether oxygens (including phenoxy) is 1. The molecule has 1 heterocycles. The summed E-state index contributed by atoms with van der Waals surface area (Å²) in [6.45, 7) is 1.18. The van der Waals surface area contributed by atoms with Crippen molar-refractivity contribution in [2.75, 3.05) is 19.8 Å². The van der Waals surface area contributed by atoms with Crippen LogP contribution in [0.5, 0.6) is 5.88 Å². The maximum Gasteiger partial charge on any atom is 0.350 e. The smallest absolute Gasteiger partial charge is 0.350 e. The van der Waals surface area contributed by atoms with E-state index in [1.807, 2.05) is 0 Å². The van der Waals surface area contributed by atoms with Gasteiger partial charge < -0.3 is 14.9 Å². The van der Waals surface area contributed by atoms with Crippen molar-refractivity contribution in [1.82, 2.24) is 9.78 Å². The lowest BCUT2D eigenvalue weighted by molar-refractivity contribution is -0.386. The molecule has 20 heavy (non-hydrogen) atoms. The van der Waals surface area contributed by atoms with Gasteiger partial charge in [0.05, 0.1) is 17.6 Å². The Hall–Kier alpha value is -1.74. The molecular weight excluding hydrogens is 273 g/mol. The zero-order valence-electron chi connectivity index (χ0n) is 11.1. The molecule has 0 radical (unpaired) electrons. The Kier molecular flexibility index (Phi) is 6.32. The van der Waals surface area contributed by atoms with E-state index in [1.165, 1.54) is 6.92 Å². The topological polar surface area (TPSA) is 111 Å². The van der Waals surface area contributed by atoms with Gasteiger partial charge in [-0.15, -0.1) is 5.10 Å². The molecule has 0 spiro atoms. The number of aliphatic hydroxyl groups excluding tert-OH is 2. The van der Waals surface area contributed by atoms with E-state index in [4.69, 9.17) is 14.9 Å². The zero-order chi connectivity index (χ0) is 15.1. The normalized spacial score (nSPS) is 14.0. The highest BCUT2D eigenvalue weighted by atomic mass is 19.1. The van der Waals surface area contributed by atoms with E-state index in [9.17, 15) is 14.5 Å². The van der Waals surface area contributed by atoms with Gasteiger partial charge in [-0.25, -0.2) is 4.39 Å². The largest absolute Gasteiger partial charge is 0.472 e. The molecule has 1 rings (SSSR count). The first kappa shape index (κ1) is 16.3.